The van der Waals surface area contributed by atoms with E-state index in [-0.39, 0.29) is 42.4 Å². The summed E-state index contributed by atoms with van der Waals surface area (Å²) >= 11 is 0. The number of nitrogens with zero attached hydrogens (tertiary/aromatic N) is 1. The predicted octanol–water partition coefficient (Wildman–Crippen LogP) is 1.14. The molecule has 2 N–H and O–H groups in total. The molecule has 160 valence electrons. The van der Waals surface area contributed by atoms with Gasteiger partial charge in [0.25, 0.3) is 5.91 Å². The fraction of sp³-hybridized carbons (Fsp3) is 0.333. The molecule has 0 radical (unpaired) electrons. The van der Waals surface area contributed by atoms with Crippen molar-refractivity contribution in [3.05, 3.63) is 65.7 Å². The zero-order valence-corrected chi connectivity index (χ0v) is 17.4. The monoisotopic (exact) mass is 431 g/mol. The van der Waals surface area contributed by atoms with Crippen LogP contribution in [-0.4, -0.2) is 57.4 Å². The third-order valence-electron chi connectivity index (χ3n) is 4.67. The Labute approximate surface area is 176 Å². The summed E-state index contributed by atoms with van der Waals surface area (Å²) in [6.07, 6.45) is 0.129. The normalized spacial score (nSPS) is 14.8. The molecule has 9 heteroatoms. The first-order valence-electron chi connectivity index (χ1n) is 9.73. The van der Waals surface area contributed by atoms with Gasteiger partial charge in [-0.2, -0.15) is 4.31 Å². The van der Waals surface area contributed by atoms with Gasteiger partial charge in [0.05, 0.1) is 18.1 Å². The molecule has 0 atom stereocenters. The van der Waals surface area contributed by atoms with Gasteiger partial charge in [-0.25, -0.2) is 8.42 Å². The summed E-state index contributed by atoms with van der Waals surface area (Å²) in [5.41, 5.74) is 1.22. The van der Waals surface area contributed by atoms with E-state index in [1.165, 1.54) is 22.5 Å². The Morgan fingerprint density at radius 1 is 0.967 bits per heavy atom. The Hall–Kier alpha value is -2.75. The van der Waals surface area contributed by atoms with Crippen molar-refractivity contribution < 1.29 is 22.7 Å². The topological polar surface area (TPSA) is 105 Å². The van der Waals surface area contributed by atoms with E-state index in [1.54, 1.807) is 6.07 Å². The van der Waals surface area contributed by atoms with Crippen LogP contribution in [-0.2, 0) is 26.1 Å². The number of carbonyl (C=O) groups is 2. The van der Waals surface area contributed by atoms with E-state index < -0.39 is 15.9 Å². The molecule has 0 unspecified atom stereocenters. The van der Waals surface area contributed by atoms with Gasteiger partial charge in [-0.3, -0.25) is 9.59 Å². The highest BCUT2D eigenvalue weighted by atomic mass is 32.2. The average molecular weight is 432 g/mol. The Bertz CT molecular complexity index is 973. The van der Waals surface area contributed by atoms with Crippen molar-refractivity contribution in [2.24, 2.45) is 0 Å². The van der Waals surface area contributed by atoms with Crippen LogP contribution in [0, 0.1) is 0 Å². The highest BCUT2D eigenvalue weighted by Gasteiger charge is 2.26. The molecule has 2 amide bonds. The minimum Gasteiger partial charge on any atom is -0.379 e. The van der Waals surface area contributed by atoms with Crippen molar-refractivity contribution in [1.82, 2.24) is 14.9 Å². The van der Waals surface area contributed by atoms with Crippen molar-refractivity contribution in [2.75, 3.05) is 32.8 Å². The van der Waals surface area contributed by atoms with Gasteiger partial charge in [-0.05, 0) is 23.8 Å². The second-order valence-electron chi connectivity index (χ2n) is 6.81. The van der Waals surface area contributed by atoms with Crippen LogP contribution < -0.4 is 10.6 Å². The van der Waals surface area contributed by atoms with Crippen LogP contribution in [0.4, 0.5) is 0 Å². The summed E-state index contributed by atoms with van der Waals surface area (Å²) < 4.78 is 32.0. The third-order valence-corrected chi connectivity index (χ3v) is 6.57. The average Bonchev–Trinajstić information content (AvgIpc) is 2.79. The molecule has 0 spiro atoms. The maximum absolute atomic E-state index is 12.7. The summed E-state index contributed by atoms with van der Waals surface area (Å²) in [5.74, 6) is -0.604. The molecule has 3 rings (SSSR count). The molecule has 1 aliphatic rings. The second kappa shape index (κ2) is 10.3. The number of amides is 2. The molecule has 1 heterocycles. The fourth-order valence-electron chi connectivity index (χ4n) is 3.01. The van der Waals surface area contributed by atoms with E-state index in [2.05, 4.69) is 10.6 Å². The molecule has 1 fully saturated rings. The van der Waals surface area contributed by atoms with Gasteiger partial charge in [0.15, 0.2) is 0 Å². The molecule has 2 aromatic rings. The summed E-state index contributed by atoms with van der Waals surface area (Å²) in [7, 11) is -3.68. The largest absolute Gasteiger partial charge is 0.379 e. The Morgan fingerprint density at radius 2 is 1.70 bits per heavy atom. The number of hydrogen-bond acceptors (Lipinski definition) is 5. The zero-order chi connectivity index (χ0) is 21.4. The van der Waals surface area contributed by atoms with Crippen molar-refractivity contribution in [3.8, 4) is 0 Å². The van der Waals surface area contributed by atoms with Crippen LogP contribution in [0.3, 0.4) is 0 Å². The van der Waals surface area contributed by atoms with Gasteiger partial charge in [-0.1, -0.05) is 36.4 Å². The predicted molar refractivity (Wildman–Crippen MR) is 111 cm³/mol. The van der Waals surface area contributed by atoms with Gasteiger partial charge in [0.2, 0.25) is 15.9 Å². The van der Waals surface area contributed by atoms with Crippen molar-refractivity contribution in [1.29, 1.82) is 0 Å². The summed E-state index contributed by atoms with van der Waals surface area (Å²) in [6, 6.07) is 15.4. The quantitative estimate of drug-likeness (QED) is 0.652. The molecule has 0 bridgehead atoms. The lowest BCUT2D eigenvalue weighted by Gasteiger charge is -2.26. The minimum atomic E-state index is -3.68. The van der Waals surface area contributed by atoms with Gasteiger partial charge < -0.3 is 15.4 Å². The number of morpholine rings is 1. The van der Waals surface area contributed by atoms with Crippen LogP contribution in [0.25, 0.3) is 0 Å². The Balaban J connectivity index is 1.51. The molecule has 30 heavy (non-hydrogen) atoms. The lowest BCUT2D eigenvalue weighted by atomic mass is 10.2. The molecule has 0 aromatic heterocycles. The lowest BCUT2D eigenvalue weighted by molar-refractivity contribution is -0.121. The van der Waals surface area contributed by atoms with Gasteiger partial charge in [0.1, 0.15) is 0 Å². The van der Waals surface area contributed by atoms with Crippen LogP contribution in [0.15, 0.2) is 59.5 Å². The fourth-order valence-corrected chi connectivity index (χ4v) is 4.46. The van der Waals surface area contributed by atoms with Crippen LogP contribution in [0.2, 0.25) is 0 Å². The van der Waals surface area contributed by atoms with Gasteiger partial charge in [0, 0.05) is 38.2 Å². The number of ether oxygens (including phenoxy) is 1. The standard InChI is InChI=1S/C21H25N3O5S/c25-20(23-16-17-5-2-1-3-6-17)9-10-22-21(26)18-7-4-8-19(15-18)30(27,28)24-11-13-29-14-12-24/h1-8,15H,9-14,16H2,(H,22,26)(H,23,25). The van der Waals surface area contributed by atoms with Crippen LogP contribution in [0.1, 0.15) is 22.3 Å². The number of sulfonamides is 1. The van der Waals surface area contributed by atoms with Crippen molar-refractivity contribution >= 4 is 21.8 Å². The number of carbonyl (C=O) groups excluding carboxylic acids is 2. The molecular weight excluding hydrogens is 406 g/mol. The van der Waals surface area contributed by atoms with E-state index in [4.69, 9.17) is 4.74 Å². The highest BCUT2D eigenvalue weighted by molar-refractivity contribution is 7.89. The third kappa shape index (κ3) is 5.88. The van der Waals surface area contributed by atoms with Crippen molar-refractivity contribution in [3.63, 3.8) is 0 Å². The Kier molecular flexibility index (Phi) is 7.56. The number of nitrogens with one attached hydrogen (secondary N) is 2. The number of rotatable bonds is 8. The van der Waals surface area contributed by atoms with E-state index in [1.807, 2.05) is 30.3 Å². The Morgan fingerprint density at radius 3 is 2.43 bits per heavy atom. The number of benzene rings is 2. The summed E-state index contributed by atoms with van der Waals surface area (Å²) in [4.78, 5) is 24.4. The van der Waals surface area contributed by atoms with E-state index in [0.717, 1.165) is 5.56 Å². The molecule has 2 aromatic carbocycles. The van der Waals surface area contributed by atoms with E-state index in [9.17, 15) is 18.0 Å². The minimum absolute atomic E-state index is 0.0673. The maximum atomic E-state index is 12.7. The molecular formula is C21H25N3O5S. The SMILES string of the molecule is O=C(CCNC(=O)c1cccc(S(=O)(=O)N2CCOCC2)c1)NCc1ccccc1. The zero-order valence-electron chi connectivity index (χ0n) is 16.5. The van der Waals surface area contributed by atoms with Crippen molar-refractivity contribution in [2.45, 2.75) is 17.9 Å². The molecule has 8 nitrogen and oxygen atoms in total. The first-order chi connectivity index (χ1) is 14.5. The molecule has 0 saturated carbocycles. The maximum Gasteiger partial charge on any atom is 0.251 e. The van der Waals surface area contributed by atoms with E-state index in [0.29, 0.717) is 19.8 Å². The molecule has 0 aliphatic carbocycles. The summed E-state index contributed by atoms with van der Waals surface area (Å²) in [6.45, 7) is 1.86. The molecule has 1 aliphatic heterocycles. The van der Waals surface area contributed by atoms with E-state index >= 15 is 0 Å². The van der Waals surface area contributed by atoms with Gasteiger partial charge in [-0.15, -0.1) is 0 Å². The van der Waals surface area contributed by atoms with Crippen LogP contribution in [0.5, 0.6) is 0 Å². The van der Waals surface area contributed by atoms with Gasteiger partial charge >= 0.3 is 0 Å². The smallest absolute Gasteiger partial charge is 0.251 e. The lowest BCUT2D eigenvalue weighted by Crippen LogP contribution is -2.40. The molecule has 1 saturated heterocycles. The summed E-state index contributed by atoms with van der Waals surface area (Å²) in [5, 5.41) is 5.45. The first-order valence-corrected chi connectivity index (χ1v) is 11.2. The van der Waals surface area contributed by atoms with Crippen LogP contribution >= 0.6 is 0 Å². The second-order valence-corrected chi connectivity index (χ2v) is 8.75. The number of hydrogen-bond donors (Lipinski definition) is 2. The highest BCUT2D eigenvalue weighted by Crippen LogP contribution is 2.18. The first kappa shape index (κ1) is 21.9.